The molecular weight excluding hydrogens is 250 g/mol. The molecule has 0 aliphatic heterocycles. The summed E-state index contributed by atoms with van der Waals surface area (Å²) in [6.07, 6.45) is 2.53. The van der Waals surface area contributed by atoms with Crippen LogP contribution in [0.3, 0.4) is 0 Å². The molecule has 1 atom stereocenters. The highest BCUT2D eigenvalue weighted by Gasteiger charge is 2.24. The van der Waals surface area contributed by atoms with Gasteiger partial charge in [0.2, 0.25) is 10.0 Å². The van der Waals surface area contributed by atoms with Gasteiger partial charge in [0.05, 0.1) is 11.9 Å². The fourth-order valence-electron chi connectivity index (χ4n) is 1.91. The van der Waals surface area contributed by atoms with Crippen LogP contribution in [0.25, 0.3) is 0 Å². The second kappa shape index (κ2) is 6.19. The van der Waals surface area contributed by atoms with Gasteiger partial charge in [0.25, 0.3) is 0 Å². The molecule has 1 unspecified atom stereocenters. The van der Waals surface area contributed by atoms with Crippen LogP contribution < -0.4 is 4.72 Å². The largest absolute Gasteiger partial charge is 0.393 e. The number of aliphatic hydroxyl groups is 1. The van der Waals surface area contributed by atoms with E-state index in [0.29, 0.717) is 18.7 Å². The zero-order chi connectivity index (χ0) is 12.2. The number of sulfonamides is 1. The molecule has 6 heteroatoms. The standard InChI is InChI=1S/C10H20ClNO3S/c1-8(6-11)7-16(14,15)12-9-2-4-10(13)5-3-9/h8-10,12-13H,2-7H2,1H3. The minimum Gasteiger partial charge on any atom is -0.393 e. The first-order valence-electron chi connectivity index (χ1n) is 5.67. The summed E-state index contributed by atoms with van der Waals surface area (Å²) in [5, 5.41) is 9.31. The maximum Gasteiger partial charge on any atom is 0.212 e. The Morgan fingerprint density at radius 2 is 1.94 bits per heavy atom. The van der Waals surface area contributed by atoms with Crippen LogP contribution in [-0.4, -0.2) is 37.3 Å². The Morgan fingerprint density at radius 3 is 2.44 bits per heavy atom. The predicted octanol–water partition coefficient (Wildman–Crippen LogP) is 1.08. The van der Waals surface area contributed by atoms with E-state index in [-0.39, 0.29) is 23.8 Å². The topological polar surface area (TPSA) is 66.4 Å². The number of hydrogen-bond donors (Lipinski definition) is 2. The van der Waals surface area contributed by atoms with Gasteiger partial charge in [0.15, 0.2) is 0 Å². The highest BCUT2D eigenvalue weighted by molar-refractivity contribution is 7.89. The van der Waals surface area contributed by atoms with E-state index < -0.39 is 10.0 Å². The average Bonchev–Trinajstić information content (AvgIpc) is 2.20. The second-order valence-corrected chi connectivity index (χ2v) is 6.77. The van der Waals surface area contributed by atoms with Gasteiger partial charge in [0.1, 0.15) is 0 Å². The Morgan fingerprint density at radius 1 is 1.38 bits per heavy atom. The van der Waals surface area contributed by atoms with E-state index in [4.69, 9.17) is 11.6 Å². The summed E-state index contributed by atoms with van der Waals surface area (Å²) in [6, 6.07) is -0.0177. The van der Waals surface area contributed by atoms with Crippen molar-refractivity contribution >= 4 is 21.6 Å². The molecule has 1 aliphatic carbocycles. The smallest absolute Gasteiger partial charge is 0.212 e. The highest BCUT2D eigenvalue weighted by atomic mass is 35.5. The molecule has 0 heterocycles. The van der Waals surface area contributed by atoms with E-state index in [1.807, 2.05) is 6.92 Å². The molecule has 1 aliphatic rings. The average molecular weight is 270 g/mol. The van der Waals surface area contributed by atoms with Crippen molar-refractivity contribution in [3.8, 4) is 0 Å². The van der Waals surface area contributed by atoms with Gasteiger partial charge in [-0.1, -0.05) is 6.92 Å². The van der Waals surface area contributed by atoms with Crippen LogP contribution >= 0.6 is 11.6 Å². The van der Waals surface area contributed by atoms with Gasteiger partial charge in [0, 0.05) is 11.9 Å². The third-order valence-electron chi connectivity index (χ3n) is 2.81. The molecule has 0 bridgehead atoms. The monoisotopic (exact) mass is 269 g/mol. The van der Waals surface area contributed by atoms with Gasteiger partial charge in [-0.05, 0) is 31.6 Å². The molecule has 96 valence electrons. The summed E-state index contributed by atoms with van der Waals surface area (Å²) in [4.78, 5) is 0. The number of halogens is 1. The molecule has 1 rings (SSSR count). The van der Waals surface area contributed by atoms with Gasteiger partial charge in [-0.2, -0.15) is 0 Å². The molecule has 4 nitrogen and oxygen atoms in total. The molecule has 0 spiro atoms. The molecule has 0 saturated heterocycles. The Labute approximate surface area is 102 Å². The van der Waals surface area contributed by atoms with Gasteiger partial charge < -0.3 is 5.11 Å². The maximum atomic E-state index is 11.7. The number of aliphatic hydroxyl groups excluding tert-OH is 1. The van der Waals surface area contributed by atoms with Crippen molar-refractivity contribution < 1.29 is 13.5 Å². The Kier molecular flexibility index (Phi) is 5.50. The van der Waals surface area contributed by atoms with E-state index in [1.54, 1.807) is 0 Å². The van der Waals surface area contributed by atoms with E-state index in [9.17, 15) is 13.5 Å². The second-order valence-electron chi connectivity index (χ2n) is 4.66. The number of alkyl halides is 1. The summed E-state index contributed by atoms with van der Waals surface area (Å²) in [5.74, 6) is 0.396. The molecule has 1 fully saturated rings. The van der Waals surface area contributed by atoms with E-state index >= 15 is 0 Å². The van der Waals surface area contributed by atoms with E-state index in [1.165, 1.54) is 0 Å². The van der Waals surface area contributed by atoms with Crippen molar-refractivity contribution in [1.29, 1.82) is 0 Å². The molecule has 0 aromatic carbocycles. The first kappa shape index (κ1) is 14.2. The molecule has 16 heavy (non-hydrogen) atoms. The van der Waals surface area contributed by atoms with E-state index in [2.05, 4.69) is 4.72 Å². The fraction of sp³-hybridized carbons (Fsp3) is 1.00. The zero-order valence-electron chi connectivity index (χ0n) is 9.52. The summed E-state index contributed by atoms with van der Waals surface area (Å²) in [5.41, 5.74) is 0. The number of nitrogens with one attached hydrogen (secondary N) is 1. The quantitative estimate of drug-likeness (QED) is 0.734. The summed E-state index contributed by atoms with van der Waals surface area (Å²) >= 11 is 5.59. The molecule has 1 saturated carbocycles. The van der Waals surface area contributed by atoms with Crippen LogP contribution in [-0.2, 0) is 10.0 Å². The van der Waals surface area contributed by atoms with Gasteiger partial charge in [-0.25, -0.2) is 13.1 Å². The minimum atomic E-state index is -3.23. The summed E-state index contributed by atoms with van der Waals surface area (Å²) in [6.45, 7) is 1.82. The first-order valence-corrected chi connectivity index (χ1v) is 7.85. The normalized spacial score (nSPS) is 28.9. The van der Waals surface area contributed by atoms with Crippen molar-refractivity contribution in [3.05, 3.63) is 0 Å². The summed E-state index contributed by atoms with van der Waals surface area (Å²) < 4.78 is 26.1. The highest BCUT2D eigenvalue weighted by Crippen LogP contribution is 2.19. The molecule has 0 aromatic heterocycles. The Bertz CT molecular complexity index is 299. The molecule has 0 radical (unpaired) electrons. The molecule has 0 amide bonds. The van der Waals surface area contributed by atoms with Crippen LogP contribution in [0.5, 0.6) is 0 Å². The third kappa shape index (κ3) is 4.99. The Hall–Kier alpha value is 0.160. The van der Waals surface area contributed by atoms with Crippen LogP contribution in [0.2, 0.25) is 0 Å². The van der Waals surface area contributed by atoms with Gasteiger partial charge >= 0.3 is 0 Å². The van der Waals surface area contributed by atoms with Crippen LogP contribution in [0.1, 0.15) is 32.6 Å². The van der Waals surface area contributed by atoms with Gasteiger partial charge in [-0.15, -0.1) is 11.6 Å². The van der Waals surface area contributed by atoms with Crippen LogP contribution in [0.4, 0.5) is 0 Å². The lowest BCUT2D eigenvalue weighted by molar-refractivity contribution is 0.120. The molecule has 2 N–H and O–H groups in total. The van der Waals surface area contributed by atoms with Crippen molar-refractivity contribution in [1.82, 2.24) is 4.72 Å². The lowest BCUT2D eigenvalue weighted by atomic mass is 9.94. The number of rotatable bonds is 5. The Balaban J connectivity index is 2.40. The van der Waals surface area contributed by atoms with Crippen molar-refractivity contribution in [2.24, 2.45) is 5.92 Å². The lowest BCUT2D eigenvalue weighted by Gasteiger charge is -2.26. The minimum absolute atomic E-state index is 0.0177. The molecular formula is C10H20ClNO3S. The van der Waals surface area contributed by atoms with Gasteiger partial charge in [-0.3, -0.25) is 0 Å². The zero-order valence-corrected chi connectivity index (χ0v) is 11.1. The maximum absolute atomic E-state index is 11.7. The van der Waals surface area contributed by atoms with Crippen LogP contribution in [0.15, 0.2) is 0 Å². The summed E-state index contributed by atoms with van der Waals surface area (Å²) in [7, 11) is -3.23. The predicted molar refractivity (Wildman–Crippen MR) is 65.1 cm³/mol. The van der Waals surface area contributed by atoms with E-state index in [0.717, 1.165) is 12.8 Å². The van der Waals surface area contributed by atoms with Crippen LogP contribution in [0, 0.1) is 5.92 Å². The third-order valence-corrected chi connectivity index (χ3v) is 5.04. The van der Waals surface area contributed by atoms with Crippen molar-refractivity contribution in [2.45, 2.75) is 44.8 Å². The van der Waals surface area contributed by atoms with Crippen molar-refractivity contribution in [3.63, 3.8) is 0 Å². The first-order chi connectivity index (χ1) is 7.43. The molecule has 0 aromatic rings. The lowest BCUT2D eigenvalue weighted by Crippen LogP contribution is -2.40. The number of hydrogen-bond acceptors (Lipinski definition) is 3. The van der Waals surface area contributed by atoms with Crippen molar-refractivity contribution in [2.75, 3.05) is 11.6 Å². The fourth-order valence-corrected chi connectivity index (χ4v) is 3.86. The SMILES string of the molecule is CC(CCl)CS(=O)(=O)NC1CCC(O)CC1.